The van der Waals surface area contributed by atoms with Crippen LogP contribution in [0.3, 0.4) is 0 Å². The van der Waals surface area contributed by atoms with Gasteiger partial charge in [0.15, 0.2) is 11.0 Å². The average Bonchev–Trinajstić information content (AvgIpc) is 3.38. The second-order valence-electron chi connectivity index (χ2n) is 7.74. The molecule has 2 bridgehead atoms. The van der Waals surface area contributed by atoms with Gasteiger partial charge < -0.3 is 14.3 Å². The van der Waals surface area contributed by atoms with Crippen molar-refractivity contribution >= 4 is 17.7 Å². The van der Waals surface area contributed by atoms with Gasteiger partial charge in [0.2, 0.25) is 5.91 Å². The van der Waals surface area contributed by atoms with Crippen LogP contribution in [0.25, 0.3) is 11.4 Å². The smallest absolute Gasteiger partial charge is 0.230 e. The lowest BCUT2D eigenvalue weighted by atomic mass is 9.84. The predicted octanol–water partition coefficient (Wildman–Crippen LogP) is 3.42. The van der Waals surface area contributed by atoms with Gasteiger partial charge in [-0.2, -0.15) is 0 Å². The summed E-state index contributed by atoms with van der Waals surface area (Å²) in [6, 6.07) is 2.15. The van der Waals surface area contributed by atoms with Gasteiger partial charge in [-0.15, -0.1) is 10.2 Å². The van der Waals surface area contributed by atoms with E-state index in [1.165, 1.54) is 37.4 Å². The molecule has 0 spiro atoms. The Morgan fingerprint density at radius 1 is 1.42 bits per heavy atom. The van der Waals surface area contributed by atoms with Crippen LogP contribution in [-0.2, 0) is 11.8 Å². The van der Waals surface area contributed by atoms with Gasteiger partial charge in [-0.25, -0.2) is 0 Å². The summed E-state index contributed by atoms with van der Waals surface area (Å²) in [5.74, 6) is 4.40. The van der Waals surface area contributed by atoms with E-state index in [1.54, 1.807) is 6.26 Å². The minimum absolute atomic E-state index is 0.0781. The molecule has 140 valence electrons. The number of nitrogens with one attached hydrogen (secondary N) is 1. The highest BCUT2D eigenvalue weighted by Crippen LogP contribution is 2.49. The normalized spacial score (nSPS) is 25.6. The largest absolute Gasteiger partial charge is 0.469 e. The van der Waals surface area contributed by atoms with Gasteiger partial charge in [-0.05, 0) is 56.9 Å². The van der Waals surface area contributed by atoms with Gasteiger partial charge in [-0.1, -0.05) is 18.2 Å². The number of furan rings is 1. The number of nitrogens with zero attached hydrogens (tertiary/aromatic N) is 3. The third-order valence-electron chi connectivity index (χ3n) is 6.09. The minimum Gasteiger partial charge on any atom is -0.469 e. The van der Waals surface area contributed by atoms with Crippen LogP contribution in [0, 0.1) is 24.7 Å². The van der Waals surface area contributed by atoms with E-state index in [9.17, 15) is 4.79 Å². The molecule has 2 aliphatic carbocycles. The molecule has 1 amide bonds. The Hall–Kier alpha value is -1.76. The van der Waals surface area contributed by atoms with Crippen LogP contribution in [0.1, 0.15) is 38.4 Å². The van der Waals surface area contributed by atoms with Crippen LogP contribution in [0.4, 0.5) is 0 Å². The Balaban J connectivity index is 1.32. The molecule has 7 heteroatoms. The van der Waals surface area contributed by atoms with Crippen molar-refractivity contribution in [3.05, 3.63) is 18.1 Å². The molecule has 0 unspecified atom stereocenters. The Bertz CT molecular complexity index is 799. The van der Waals surface area contributed by atoms with E-state index in [1.807, 2.05) is 24.6 Å². The van der Waals surface area contributed by atoms with E-state index >= 15 is 0 Å². The number of amides is 1. The third-order valence-corrected chi connectivity index (χ3v) is 7.11. The zero-order valence-corrected chi connectivity index (χ0v) is 16.4. The van der Waals surface area contributed by atoms with Crippen LogP contribution in [0.15, 0.2) is 21.9 Å². The van der Waals surface area contributed by atoms with Gasteiger partial charge in [0.25, 0.3) is 0 Å². The fourth-order valence-electron chi connectivity index (χ4n) is 4.73. The second kappa shape index (κ2) is 7.10. The molecule has 2 fully saturated rings. The van der Waals surface area contributed by atoms with Gasteiger partial charge in [-0.3, -0.25) is 4.79 Å². The molecule has 4 atom stereocenters. The average molecular weight is 375 g/mol. The lowest BCUT2D eigenvalue weighted by molar-refractivity contribution is -0.119. The molecule has 2 aromatic rings. The van der Waals surface area contributed by atoms with Crippen LogP contribution in [0.2, 0.25) is 0 Å². The summed E-state index contributed by atoms with van der Waals surface area (Å²) in [4.78, 5) is 12.4. The van der Waals surface area contributed by atoms with Crippen molar-refractivity contribution in [3.8, 4) is 11.4 Å². The van der Waals surface area contributed by atoms with E-state index in [4.69, 9.17) is 4.42 Å². The summed E-state index contributed by atoms with van der Waals surface area (Å²) in [7, 11) is 1.92. The van der Waals surface area contributed by atoms with E-state index in [2.05, 4.69) is 22.4 Å². The van der Waals surface area contributed by atoms with Crippen molar-refractivity contribution in [2.45, 2.75) is 50.7 Å². The summed E-state index contributed by atoms with van der Waals surface area (Å²) < 4.78 is 7.25. The lowest BCUT2D eigenvalue weighted by Crippen LogP contribution is -2.40. The molecule has 1 N–H and O–H groups in total. The predicted molar refractivity (Wildman–Crippen MR) is 101 cm³/mol. The standard InChI is InChI=1S/C19H26N4O2S/c1-11(16-9-13-4-5-14(16)8-13)20-17(24)10-26-19-22-21-18(23(19)3)15-6-7-25-12(15)2/h6-7,11,13-14,16H,4-5,8-10H2,1-3H3,(H,20,24)/t11-,13+,14+,16-/m1/s1. The lowest BCUT2D eigenvalue weighted by Gasteiger charge is -2.28. The summed E-state index contributed by atoms with van der Waals surface area (Å²) in [5.41, 5.74) is 0.932. The quantitative estimate of drug-likeness (QED) is 0.785. The molecule has 0 radical (unpaired) electrons. The van der Waals surface area contributed by atoms with Crippen molar-refractivity contribution in [1.82, 2.24) is 20.1 Å². The molecule has 0 aliphatic heterocycles. The molecule has 2 aliphatic rings. The first-order valence-corrected chi connectivity index (χ1v) is 10.4. The maximum absolute atomic E-state index is 12.4. The van der Waals surface area contributed by atoms with Crippen molar-refractivity contribution in [2.24, 2.45) is 24.8 Å². The van der Waals surface area contributed by atoms with Gasteiger partial charge in [0.1, 0.15) is 5.76 Å². The van der Waals surface area contributed by atoms with Crippen molar-refractivity contribution in [2.75, 3.05) is 5.75 Å². The van der Waals surface area contributed by atoms with E-state index in [0.717, 1.165) is 34.1 Å². The highest BCUT2D eigenvalue weighted by Gasteiger charge is 2.42. The van der Waals surface area contributed by atoms with Gasteiger partial charge >= 0.3 is 0 Å². The third kappa shape index (κ3) is 3.29. The topological polar surface area (TPSA) is 72.9 Å². The first kappa shape index (κ1) is 17.6. The first-order valence-electron chi connectivity index (χ1n) is 9.39. The highest BCUT2D eigenvalue weighted by molar-refractivity contribution is 7.99. The van der Waals surface area contributed by atoms with E-state index < -0.39 is 0 Å². The number of carbonyl (C=O) groups is 1. The number of aromatic nitrogens is 3. The van der Waals surface area contributed by atoms with Crippen LogP contribution < -0.4 is 5.32 Å². The molecule has 6 nitrogen and oxygen atoms in total. The molecule has 0 saturated heterocycles. The number of fused-ring (bicyclic) bond motifs is 2. The van der Waals surface area contributed by atoms with Crippen molar-refractivity contribution < 1.29 is 9.21 Å². The summed E-state index contributed by atoms with van der Waals surface area (Å²) >= 11 is 1.43. The van der Waals surface area contributed by atoms with Crippen LogP contribution in [-0.4, -0.2) is 32.5 Å². The van der Waals surface area contributed by atoms with Gasteiger partial charge in [0, 0.05) is 13.1 Å². The monoisotopic (exact) mass is 374 g/mol. The van der Waals surface area contributed by atoms with Crippen LogP contribution >= 0.6 is 11.8 Å². The number of hydrogen-bond acceptors (Lipinski definition) is 5. The van der Waals surface area contributed by atoms with E-state index in [-0.39, 0.29) is 11.9 Å². The highest BCUT2D eigenvalue weighted by atomic mass is 32.2. The SMILES string of the molecule is Cc1occc1-c1nnc(SCC(=O)N[C@H](C)[C@H]2C[C@H]3CC[C@H]2C3)n1C. The molecule has 0 aromatic carbocycles. The molecule has 2 heterocycles. The maximum Gasteiger partial charge on any atom is 0.230 e. The fraction of sp³-hybridized carbons (Fsp3) is 0.632. The fourth-order valence-corrected chi connectivity index (χ4v) is 5.45. The van der Waals surface area contributed by atoms with Crippen LogP contribution in [0.5, 0.6) is 0 Å². The second-order valence-corrected chi connectivity index (χ2v) is 8.68. The number of carbonyl (C=O) groups excluding carboxylic acids is 1. The maximum atomic E-state index is 12.4. The zero-order chi connectivity index (χ0) is 18.3. The van der Waals surface area contributed by atoms with E-state index in [0.29, 0.717) is 11.7 Å². The summed E-state index contributed by atoms with van der Waals surface area (Å²) in [5, 5.41) is 12.4. The number of hydrogen-bond donors (Lipinski definition) is 1. The number of aryl methyl sites for hydroxylation is 1. The molecule has 26 heavy (non-hydrogen) atoms. The van der Waals surface area contributed by atoms with Crippen molar-refractivity contribution in [3.63, 3.8) is 0 Å². The zero-order valence-electron chi connectivity index (χ0n) is 15.6. The first-order chi connectivity index (χ1) is 12.5. The Kier molecular flexibility index (Phi) is 4.82. The Morgan fingerprint density at radius 2 is 2.27 bits per heavy atom. The summed E-state index contributed by atoms with van der Waals surface area (Å²) in [6.07, 6.45) is 7.04. The molecule has 2 aromatic heterocycles. The molecular formula is C19H26N4O2S. The van der Waals surface area contributed by atoms with Crippen molar-refractivity contribution in [1.29, 1.82) is 0 Å². The number of rotatable bonds is 6. The van der Waals surface area contributed by atoms with Gasteiger partial charge in [0.05, 0.1) is 17.6 Å². The molecular weight excluding hydrogens is 348 g/mol. The number of thioether (sulfide) groups is 1. The Morgan fingerprint density at radius 3 is 2.92 bits per heavy atom. The molecule has 2 saturated carbocycles. The molecule has 4 rings (SSSR count). The minimum atomic E-state index is 0.0781. The summed E-state index contributed by atoms with van der Waals surface area (Å²) in [6.45, 7) is 4.07. The Labute approximate surface area is 158 Å².